The molecule has 1 heterocycles. The van der Waals surface area contributed by atoms with Crippen molar-refractivity contribution >= 4 is 0 Å². The minimum absolute atomic E-state index is 0.0671. The maximum absolute atomic E-state index is 12.4. The van der Waals surface area contributed by atoms with Gasteiger partial charge in [-0.15, -0.1) is 0 Å². The fourth-order valence-corrected chi connectivity index (χ4v) is 1.03. The van der Waals surface area contributed by atoms with Crippen LogP contribution >= 0.6 is 0 Å². The number of nitrogens with one attached hydrogen (secondary N) is 1. The number of imidazole rings is 1. The van der Waals surface area contributed by atoms with Gasteiger partial charge in [0.25, 0.3) is 0 Å². The van der Waals surface area contributed by atoms with Gasteiger partial charge in [0.05, 0.1) is 13.2 Å². The van der Waals surface area contributed by atoms with Crippen LogP contribution in [0.2, 0.25) is 0 Å². The third kappa shape index (κ3) is 3.24. The summed E-state index contributed by atoms with van der Waals surface area (Å²) in [4.78, 5) is 3.81. The molecule has 0 atom stereocenters. The molecule has 4 nitrogen and oxygen atoms in total. The average Bonchev–Trinajstić information content (AvgIpc) is 2.63. The SMILES string of the molecule is CC(C)(CO)NCc1nccn1C(F)F. The van der Waals surface area contributed by atoms with E-state index in [1.54, 1.807) is 13.8 Å². The second-order valence-corrected chi connectivity index (χ2v) is 3.92. The molecule has 6 heteroatoms. The Hall–Kier alpha value is -1.01. The van der Waals surface area contributed by atoms with Crippen LogP contribution in [0.3, 0.4) is 0 Å². The van der Waals surface area contributed by atoms with E-state index in [2.05, 4.69) is 10.3 Å². The van der Waals surface area contributed by atoms with Crippen LogP contribution in [-0.4, -0.2) is 26.8 Å². The molecule has 15 heavy (non-hydrogen) atoms. The fraction of sp³-hybridized carbons (Fsp3) is 0.667. The zero-order valence-electron chi connectivity index (χ0n) is 8.74. The molecule has 0 aromatic carbocycles. The van der Waals surface area contributed by atoms with Crippen LogP contribution in [-0.2, 0) is 6.54 Å². The summed E-state index contributed by atoms with van der Waals surface area (Å²) < 4.78 is 25.6. The van der Waals surface area contributed by atoms with Crippen molar-refractivity contribution in [3.05, 3.63) is 18.2 Å². The third-order valence-corrected chi connectivity index (χ3v) is 2.08. The van der Waals surface area contributed by atoms with Gasteiger partial charge in [-0.25, -0.2) is 4.98 Å². The minimum Gasteiger partial charge on any atom is -0.394 e. The van der Waals surface area contributed by atoms with E-state index in [0.717, 1.165) is 4.57 Å². The summed E-state index contributed by atoms with van der Waals surface area (Å²) in [6.45, 7) is 1.11. The number of hydrogen-bond donors (Lipinski definition) is 2. The normalized spacial score (nSPS) is 12.4. The highest BCUT2D eigenvalue weighted by atomic mass is 19.3. The molecule has 86 valence electrons. The van der Waals surface area contributed by atoms with Crippen LogP contribution in [0.5, 0.6) is 0 Å². The quantitative estimate of drug-likeness (QED) is 0.780. The highest BCUT2D eigenvalue weighted by Gasteiger charge is 2.17. The van der Waals surface area contributed by atoms with Gasteiger partial charge in [-0.3, -0.25) is 4.57 Å². The lowest BCUT2D eigenvalue weighted by Crippen LogP contribution is -2.42. The van der Waals surface area contributed by atoms with Crippen LogP contribution in [0.25, 0.3) is 0 Å². The van der Waals surface area contributed by atoms with Crippen molar-refractivity contribution in [3.63, 3.8) is 0 Å². The molecular formula is C9H15F2N3O. The Labute approximate surface area is 86.9 Å². The first kappa shape index (κ1) is 12.1. The highest BCUT2D eigenvalue weighted by molar-refractivity contribution is 4.93. The van der Waals surface area contributed by atoms with Crippen molar-refractivity contribution in [2.45, 2.75) is 32.5 Å². The van der Waals surface area contributed by atoms with Gasteiger partial charge in [-0.1, -0.05) is 0 Å². The molecule has 0 aliphatic heterocycles. The molecule has 0 amide bonds. The topological polar surface area (TPSA) is 50.1 Å². The van der Waals surface area contributed by atoms with Gasteiger partial charge in [0.15, 0.2) is 0 Å². The maximum Gasteiger partial charge on any atom is 0.319 e. The van der Waals surface area contributed by atoms with E-state index in [4.69, 9.17) is 5.11 Å². The Balaban J connectivity index is 2.61. The van der Waals surface area contributed by atoms with E-state index in [0.29, 0.717) is 0 Å². The molecule has 0 spiro atoms. The molecule has 0 aliphatic carbocycles. The van der Waals surface area contributed by atoms with Gasteiger partial charge < -0.3 is 10.4 Å². The van der Waals surface area contributed by atoms with E-state index in [9.17, 15) is 8.78 Å². The van der Waals surface area contributed by atoms with Crippen molar-refractivity contribution in [2.75, 3.05) is 6.61 Å². The van der Waals surface area contributed by atoms with Crippen LogP contribution in [0.4, 0.5) is 8.78 Å². The molecule has 0 saturated heterocycles. The highest BCUT2D eigenvalue weighted by Crippen LogP contribution is 2.12. The lowest BCUT2D eigenvalue weighted by Gasteiger charge is -2.23. The number of rotatable bonds is 5. The van der Waals surface area contributed by atoms with Crippen molar-refractivity contribution in [1.82, 2.24) is 14.9 Å². The Bertz CT molecular complexity index is 312. The molecule has 0 unspecified atom stereocenters. The summed E-state index contributed by atoms with van der Waals surface area (Å²) in [7, 11) is 0. The smallest absolute Gasteiger partial charge is 0.319 e. The number of alkyl halides is 2. The van der Waals surface area contributed by atoms with E-state index < -0.39 is 12.1 Å². The van der Waals surface area contributed by atoms with Gasteiger partial charge in [-0.05, 0) is 13.8 Å². The molecule has 0 saturated carbocycles. The zero-order chi connectivity index (χ0) is 11.5. The number of aromatic nitrogens is 2. The first-order chi connectivity index (χ1) is 6.96. The van der Waals surface area contributed by atoms with Crippen molar-refractivity contribution < 1.29 is 13.9 Å². The predicted octanol–water partition coefficient (Wildman–Crippen LogP) is 1.14. The maximum atomic E-state index is 12.4. The van der Waals surface area contributed by atoms with Gasteiger partial charge in [0.1, 0.15) is 5.82 Å². The van der Waals surface area contributed by atoms with E-state index in [1.165, 1.54) is 12.4 Å². The van der Waals surface area contributed by atoms with Gasteiger partial charge >= 0.3 is 6.55 Å². The van der Waals surface area contributed by atoms with Crippen molar-refractivity contribution in [1.29, 1.82) is 0 Å². The van der Waals surface area contributed by atoms with Crippen LogP contribution in [0, 0.1) is 0 Å². The Morgan fingerprint density at radius 2 is 2.27 bits per heavy atom. The summed E-state index contributed by atoms with van der Waals surface area (Å²) in [5.74, 6) is 0.256. The first-order valence-corrected chi connectivity index (χ1v) is 4.62. The molecule has 0 bridgehead atoms. The fourth-order valence-electron chi connectivity index (χ4n) is 1.03. The second kappa shape index (κ2) is 4.67. The molecule has 0 aliphatic rings. The first-order valence-electron chi connectivity index (χ1n) is 4.62. The molecule has 1 rings (SSSR count). The molecule has 1 aromatic rings. The van der Waals surface area contributed by atoms with Crippen LogP contribution < -0.4 is 5.32 Å². The Morgan fingerprint density at radius 3 is 2.80 bits per heavy atom. The van der Waals surface area contributed by atoms with Crippen LogP contribution in [0.1, 0.15) is 26.2 Å². The lowest BCUT2D eigenvalue weighted by molar-refractivity contribution is 0.0658. The second-order valence-electron chi connectivity index (χ2n) is 3.92. The average molecular weight is 219 g/mol. The van der Waals surface area contributed by atoms with Gasteiger partial charge in [0, 0.05) is 17.9 Å². The molecular weight excluding hydrogens is 204 g/mol. The largest absolute Gasteiger partial charge is 0.394 e. The predicted molar refractivity (Wildman–Crippen MR) is 51.5 cm³/mol. The number of halogens is 2. The Kier molecular flexibility index (Phi) is 3.76. The number of hydrogen-bond acceptors (Lipinski definition) is 3. The van der Waals surface area contributed by atoms with E-state index in [1.807, 2.05) is 0 Å². The summed E-state index contributed by atoms with van der Waals surface area (Å²) in [6, 6.07) is 0. The summed E-state index contributed by atoms with van der Waals surface area (Å²) in [5, 5.41) is 11.9. The monoisotopic (exact) mass is 219 g/mol. The number of aliphatic hydroxyl groups excluding tert-OH is 1. The van der Waals surface area contributed by atoms with Crippen LogP contribution in [0.15, 0.2) is 12.4 Å². The molecule has 1 aromatic heterocycles. The Morgan fingerprint density at radius 1 is 1.60 bits per heavy atom. The standard InChI is InChI=1S/C9H15F2N3O/c1-9(2,6-15)13-5-7-12-3-4-14(7)8(10)11/h3-4,8,13,15H,5-6H2,1-2H3. The number of nitrogens with zero attached hydrogens (tertiary/aromatic N) is 2. The minimum atomic E-state index is -2.58. The number of aliphatic hydroxyl groups is 1. The zero-order valence-corrected chi connectivity index (χ0v) is 8.74. The summed E-state index contributed by atoms with van der Waals surface area (Å²) >= 11 is 0. The summed E-state index contributed by atoms with van der Waals surface area (Å²) in [5.41, 5.74) is -0.501. The van der Waals surface area contributed by atoms with E-state index >= 15 is 0 Å². The lowest BCUT2D eigenvalue weighted by atomic mass is 10.1. The van der Waals surface area contributed by atoms with Gasteiger partial charge in [0.2, 0.25) is 0 Å². The third-order valence-electron chi connectivity index (χ3n) is 2.08. The molecule has 2 N–H and O–H groups in total. The summed E-state index contributed by atoms with van der Waals surface area (Å²) in [6.07, 6.45) is 2.56. The molecule has 0 radical (unpaired) electrons. The van der Waals surface area contributed by atoms with Crippen molar-refractivity contribution in [2.24, 2.45) is 0 Å². The molecule has 0 fully saturated rings. The van der Waals surface area contributed by atoms with E-state index in [-0.39, 0.29) is 19.0 Å². The van der Waals surface area contributed by atoms with Gasteiger partial charge in [-0.2, -0.15) is 8.78 Å². The van der Waals surface area contributed by atoms with Crippen molar-refractivity contribution in [3.8, 4) is 0 Å².